The zero-order valence-corrected chi connectivity index (χ0v) is 16.8. The lowest BCUT2D eigenvalue weighted by Gasteiger charge is -2.23. The minimum absolute atomic E-state index is 0.133. The van der Waals surface area contributed by atoms with Crippen LogP contribution in [-0.2, 0) is 4.79 Å². The summed E-state index contributed by atoms with van der Waals surface area (Å²) in [4.78, 5) is 28.6. The van der Waals surface area contributed by atoms with Crippen molar-refractivity contribution in [1.82, 2.24) is 15.1 Å². The van der Waals surface area contributed by atoms with Crippen molar-refractivity contribution >= 4 is 11.8 Å². The summed E-state index contributed by atoms with van der Waals surface area (Å²) in [6.45, 7) is 3.48. The Balaban J connectivity index is 1.19. The highest BCUT2D eigenvalue weighted by Gasteiger charge is 2.55. The topological polar surface area (TPSA) is 61.9 Å². The summed E-state index contributed by atoms with van der Waals surface area (Å²) in [6.07, 6.45) is -2.35. The molecule has 1 saturated heterocycles. The first-order valence-corrected chi connectivity index (χ1v) is 10.3. The van der Waals surface area contributed by atoms with Gasteiger partial charge in [-0.3, -0.25) is 14.5 Å². The number of alkyl halides is 3. The van der Waals surface area contributed by atoms with E-state index in [1.54, 1.807) is 0 Å². The zero-order valence-electron chi connectivity index (χ0n) is 16.8. The smallest absolute Gasteiger partial charge is 0.406 e. The maximum Gasteiger partial charge on any atom is 0.573 e. The van der Waals surface area contributed by atoms with Crippen LogP contribution in [0.1, 0.15) is 23.2 Å². The number of likely N-dealkylation sites (tertiary alicyclic amines) is 1. The number of piperidine rings is 1. The lowest BCUT2D eigenvalue weighted by atomic mass is 10.2. The average Bonchev–Trinajstić information content (AvgIpc) is 3.56. The van der Waals surface area contributed by atoms with E-state index in [1.807, 2.05) is 11.9 Å². The normalized spacial score (nSPS) is 25.5. The van der Waals surface area contributed by atoms with E-state index in [2.05, 4.69) is 15.0 Å². The molecule has 2 aliphatic carbocycles. The van der Waals surface area contributed by atoms with Gasteiger partial charge in [0.05, 0.1) is 6.54 Å². The summed E-state index contributed by atoms with van der Waals surface area (Å²) < 4.78 is 40.9. The van der Waals surface area contributed by atoms with Crippen LogP contribution in [0.25, 0.3) is 0 Å². The minimum atomic E-state index is -4.79. The fourth-order valence-corrected chi connectivity index (χ4v) is 4.42. The van der Waals surface area contributed by atoms with E-state index in [9.17, 15) is 22.8 Å². The van der Waals surface area contributed by atoms with Crippen LogP contribution in [0.15, 0.2) is 24.3 Å². The number of fused-ring (bicyclic) bond motifs is 1. The van der Waals surface area contributed by atoms with Gasteiger partial charge in [0.15, 0.2) is 0 Å². The largest absolute Gasteiger partial charge is 0.573 e. The quantitative estimate of drug-likeness (QED) is 0.695. The molecule has 0 bridgehead atoms. The zero-order chi connectivity index (χ0) is 21.5. The van der Waals surface area contributed by atoms with Crippen LogP contribution in [0.2, 0.25) is 0 Å². The standard InChI is InChI=1S/C21H26F3N3O3/c1-26(9-13-5-6-13)19(28)12-27-10-17-16(18(17)11-27)8-25-20(29)14-3-2-4-15(7-14)30-21(22,23)24/h2-4,7,13,16-18H,5-6,8-12H2,1H3,(H,25,29). The summed E-state index contributed by atoms with van der Waals surface area (Å²) in [5.74, 6) is 1.30. The van der Waals surface area contributed by atoms with Crippen molar-refractivity contribution in [2.24, 2.45) is 23.7 Å². The molecule has 3 aliphatic rings. The van der Waals surface area contributed by atoms with Crippen LogP contribution in [0.4, 0.5) is 13.2 Å². The fourth-order valence-electron chi connectivity index (χ4n) is 4.42. The third kappa shape index (κ3) is 5.24. The van der Waals surface area contributed by atoms with Gasteiger partial charge in [-0.05, 0) is 54.7 Å². The Hall–Kier alpha value is -2.29. The average molecular weight is 425 g/mol. The van der Waals surface area contributed by atoms with Crippen LogP contribution in [0, 0.1) is 23.7 Å². The van der Waals surface area contributed by atoms with E-state index in [1.165, 1.54) is 25.0 Å². The molecular weight excluding hydrogens is 399 g/mol. The molecule has 30 heavy (non-hydrogen) atoms. The molecule has 1 aromatic rings. The molecule has 3 fully saturated rings. The second kappa shape index (κ2) is 8.09. The van der Waals surface area contributed by atoms with Crippen molar-refractivity contribution < 1.29 is 27.5 Å². The van der Waals surface area contributed by atoms with Crippen molar-refractivity contribution in [2.75, 3.05) is 39.8 Å². The predicted molar refractivity (Wildman–Crippen MR) is 103 cm³/mol. The Morgan fingerprint density at radius 2 is 1.93 bits per heavy atom. The first-order chi connectivity index (χ1) is 14.2. The molecule has 2 saturated carbocycles. The van der Waals surface area contributed by atoms with E-state index in [0.29, 0.717) is 36.8 Å². The maximum atomic E-state index is 12.3. The highest BCUT2D eigenvalue weighted by atomic mass is 19.4. The Morgan fingerprint density at radius 3 is 2.57 bits per heavy atom. The molecule has 2 atom stereocenters. The molecule has 0 aromatic heterocycles. The van der Waals surface area contributed by atoms with E-state index >= 15 is 0 Å². The van der Waals surface area contributed by atoms with E-state index in [4.69, 9.17) is 0 Å². The van der Waals surface area contributed by atoms with Crippen LogP contribution in [-0.4, -0.2) is 67.7 Å². The number of likely N-dealkylation sites (N-methyl/N-ethyl adjacent to an activating group) is 1. The van der Waals surface area contributed by atoms with Gasteiger partial charge >= 0.3 is 6.36 Å². The second-order valence-electron chi connectivity index (χ2n) is 8.69. The monoisotopic (exact) mass is 425 g/mol. The Bertz CT molecular complexity index is 800. The number of rotatable bonds is 8. The number of amides is 2. The number of nitrogens with one attached hydrogen (secondary N) is 1. The Kier molecular flexibility index (Phi) is 5.65. The molecule has 1 N–H and O–H groups in total. The van der Waals surface area contributed by atoms with Crippen LogP contribution >= 0.6 is 0 Å². The second-order valence-corrected chi connectivity index (χ2v) is 8.69. The summed E-state index contributed by atoms with van der Waals surface area (Å²) in [5.41, 5.74) is 0.133. The van der Waals surface area contributed by atoms with E-state index in [-0.39, 0.29) is 11.5 Å². The third-order valence-electron chi connectivity index (χ3n) is 6.29. The van der Waals surface area contributed by atoms with E-state index < -0.39 is 18.0 Å². The van der Waals surface area contributed by atoms with Crippen molar-refractivity contribution in [3.05, 3.63) is 29.8 Å². The lowest BCUT2D eigenvalue weighted by Crippen LogP contribution is -2.40. The molecule has 6 nitrogen and oxygen atoms in total. The molecule has 164 valence electrons. The number of benzene rings is 1. The van der Waals surface area contributed by atoms with Crippen molar-refractivity contribution in [3.63, 3.8) is 0 Å². The van der Waals surface area contributed by atoms with Crippen molar-refractivity contribution in [1.29, 1.82) is 0 Å². The summed E-state index contributed by atoms with van der Waals surface area (Å²) in [6, 6.07) is 5.06. The van der Waals surface area contributed by atoms with Gasteiger partial charge in [0.1, 0.15) is 5.75 Å². The SMILES string of the molecule is CN(CC1CC1)C(=O)CN1CC2C(CNC(=O)c3cccc(OC(F)(F)F)c3)C2C1. The predicted octanol–water partition coefficient (Wildman–Crippen LogP) is 2.36. The molecule has 0 radical (unpaired) electrons. The van der Waals surface area contributed by atoms with E-state index in [0.717, 1.165) is 31.8 Å². The third-order valence-corrected chi connectivity index (χ3v) is 6.29. The number of hydrogen-bond donors (Lipinski definition) is 1. The summed E-state index contributed by atoms with van der Waals surface area (Å²) in [7, 11) is 1.87. The highest BCUT2D eigenvalue weighted by Crippen LogP contribution is 2.51. The summed E-state index contributed by atoms with van der Waals surface area (Å²) in [5, 5.41) is 2.81. The molecule has 2 unspecified atom stereocenters. The number of hydrogen-bond acceptors (Lipinski definition) is 4. The Morgan fingerprint density at radius 1 is 1.23 bits per heavy atom. The molecule has 9 heteroatoms. The van der Waals surface area contributed by atoms with Gasteiger partial charge in [0, 0.05) is 38.8 Å². The molecule has 4 rings (SSSR count). The molecule has 0 spiro atoms. The number of nitrogens with zero attached hydrogens (tertiary/aromatic N) is 2. The van der Waals surface area contributed by atoms with Gasteiger partial charge < -0.3 is 15.0 Å². The molecule has 1 heterocycles. The number of carbonyl (C=O) groups is 2. The first-order valence-electron chi connectivity index (χ1n) is 10.3. The highest BCUT2D eigenvalue weighted by molar-refractivity contribution is 5.94. The van der Waals surface area contributed by atoms with Gasteiger partial charge in [-0.25, -0.2) is 0 Å². The number of ether oxygens (including phenoxy) is 1. The summed E-state index contributed by atoms with van der Waals surface area (Å²) >= 11 is 0. The van der Waals surface area contributed by atoms with Crippen LogP contribution in [0.5, 0.6) is 5.75 Å². The van der Waals surface area contributed by atoms with Gasteiger partial charge in [-0.2, -0.15) is 0 Å². The minimum Gasteiger partial charge on any atom is -0.406 e. The number of carbonyl (C=O) groups excluding carboxylic acids is 2. The lowest BCUT2D eigenvalue weighted by molar-refractivity contribution is -0.274. The fraction of sp³-hybridized carbons (Fsp3) is 0.619. The van der Waals surface area contributed by atoms with Gasteiger partial charge in [-0.1, -0.05) is 6.07 Å². The molecular formula is C21H26F3N3O3. The Labute approximate surface area is 173 Å². The van der Waals surface area contributed by atoms with Crippen molar-refractivity contribution in [2.45, 2.75) is 19.2 Å². The van der Waals surface area contributed by atoms with Gasteiger partial charge in [-0.15, -0.1) is 13.2 Å². The van der Waals surface area contributed by atoms with Crippen molar-refractivity contribution in [3.8, 4) is 5.75 Å². The molecule has 2 amide bonds. The first kappa shape index (κ1) is 21.0. The van der Waals surface area contributed by atoms with Gasteiger partial charge in [0.25, 0.3) is 5.91 Å². The van der Waals surface area contributed by atoms with Crippen LogP contribution < -0.4 is 10.1 Å². The molecule has 1 aliphatic heterocycles. The maximum absolute atomic E-state index is 12.3. The van der Waals surface area contributed by atoms with Gasteiger partial charge in [0.2, 0.25) is 5.91 Å². The molecule has 1 aromatic carbocycles. The number of halogens is 3. The van der Waals surface area contributed by atoms with Crippen LogP contribution in [0.3, 0.4) is 0 Å².